The summed E-state index contributed by atoms with van der Waals surface area (Å²) in [6.45, 7) is 0. The van der Waals surface area contributed by atoms with Gasteiger partial charge < -0.3 is 15.7 Å². The molecule has 3 rings (SSSR count). The monoisotopic (exact) mass is 246 g/mol. The number of benzene rings is 1. The van der Waals surface area contributed by atoms with Crippen LogP contribution in [0.2, 0.25) is 0 Å². The van der Waals surface area contributed by atoms with Crippen molar-refractivity contribution in [2.45, 2.75) is 30.8 Å². The summed E-state index contributed by atoms with van der Waals surface area (Å²) in [6.07, 6.45) is 1.90. The van der Waals surface area contributed by atoms with Crippen molar-refractivity contribution in [3.8, 4) is 5.75 Å². The van der Waals surface area contributed by atoms with Gasteiger partial charge in [0.05, 0.1) is 0 Å². The van der Waals surface area contributed by atoms with E-state index in [9.17, 15) is 14.7 Å². The van der Waals surface area contributed by atoms with Crippen LogP contribution in [0.15, 0.2) is 24.3 Å². The molecule has 1 saturated carbocycles. The lowest BCUT2D eigenvalue weighted by Crippen LogP contribution is -2.63. The van der Waals surface area contributed by atoms with Gasteiger partial charge in [0, 0.05) is 6.42 Å². The van der Waals surface area contributed by atoms with Gasteiger partial charge in [0.2, 0.25) is 11.8 Å². The molecule has 2 aliphatic rings. The summed E-state index contributed by atoms with van der Waals surface area (Å²) >= 11 is 0. The molecule has 2 amide bonds. The van der Waals surface area contributed by atoms with Gasteiger partial charge in [0.15, 0.2) is 0 Å². The fourth-order valence-electron chi connectivity index (χ4n) is 2.23. The Labute approximate surface area is 104 Å². The number of phenols is 1. The first-order valence-electron chi connectivity index (χ1n) is 6.00. The summed E-state index contributed by atoms with van der Waals surface area (Å²) in [5.74, 6) is -0.0149. The third-order valence-electron chi connectivity index (χ3n) is 3.55. The van der Waals surface area contributed by atoms with Crippen molar-refractivity contribution >= 4 is 11.8 Å². The van der Waals surface area contributed by atoms with Crippen LogP contribution in [-0.2, 0) is 16.0 Å². The van der Waals surface area contributed by atoms with Gasteiger partial charge in [0.1, 0.15) is 17.3 Å². The SMILES string of the molecule is O=C1NC2(CC2)C(=O)N[C@H]1Cc1ccc(O)cc1. The van der Waals surface area contributed by atoms with E-state index in [4.69, 9.17) is 0 Å². The Morgan fingerprint density at radius 2 is 1.89 bits per heavy atom. The predicted octanol–water partition coefficient (Wildman–Crippen LogP) is 0.0819. The first kappa shape index (κ1) is 11.1. The summed E-state index contributed by atoms with van der Waals surface area (Å²) in [7, 11) is 0. The second kappa shape index (κ2) is 3.73. The van der Waals surface area contributed by atoms with E-state index >= 15 is 0 Å². The number of rotatable bonds is 2. The second-order valence-electron chi connectivity index (χ2n) is 4.97. The van der Waals surface area contributed by atoms with Crippen molar-refractivity contribution in [2.75, 3.05) is 0 Å². The molecule has 3 N–H and O–H groups in total. The highest BCUT2D eigenvalue weighted by Gasteiger charge is 2.55. The maximum atomic E-state index is 11.9. The molecule has 94 valence electrons. The average molecular weight is 246 g/mol. The molecule has 5 nitrogen and oxygen atoms in total. The lowest BCUT2D eigenvalue weighted by Gasteiger charge is -2.29. The van der Waals surface area contributed by atoms with Crippen LogP contribution in [0, 0.1) is 0 Å². The Balaban J connectivity index is 1.71. The van der Waals surface area contributed by atoms with Gasteiger partial charge in [0.25, 0.3) is 0 Å². The lowest BCUT2D eigenvalue weighted by atomic mass is 10.0. The fourth-order valence-corrected chi connectivity index (χ4v) is 2.23. The largest absolute Gasteiger partial charge is 0.508 e. The molecule has 2 fully saturated rings. The molecule has 0 bridgehead atoms. The molecular weight excluding hydrogens is 232 g/mol. The maximum absolute atomic E-state index is 11.9. The minimum atomic E-state index is -0.609. The summed E-state index contributed by atoms with van der Waals surface area (Å²) < 4.78 is 0. The number of carbonyl (C=O) groups excluding carboxylic acids is 2. The summed E-state index contributed by atoms with van der Waals surface area (Å²) in [6, 6.07) is 6.11. The molecule has 18 heavy (non-hydrogen) atoms. The van der Waals surface area contributed by atoms with E-state index in [0.717, 1.165) is 18.4 Å². The smallest absolute Gasteiger partial charge is 0.246 e. The zero-order valence-corrected chi connectivity index (χ0v) is 9.77. The Bertz CT molecular complexity index is 505. The van der Waals surface area contributed by atoms with E-state index in [-0.39, 0.29) is 17.6 Å². The highest BCUT2D eigenvalue weighted by Crippen LogP contribution is 2.37. The fraction of sp³-hybridized carbons (Fsp3) is 0.385. The van der Waals surface area contributed by atoms with Crippen LogP contribution in [-0.4, -0.2) is 28.5 Å². The van der Waals surface area contributed by atoms with E-state index in [1.807, 2.05) is 0 Å². The Hall–Kier alpha value is -2.04. The molecule has 1 spiro atoms. The van der Waals surface area contributed by atoms with Gasteiger partial charge in [-0.1, -0.05) is 12.1 Å². The van der Waals surface area contributed by atoms with Crippen LogP contribution in [0.3, 0.4) is 0 Å². The number of amides is 2. The summed E-state index contributed by atoms with van der Waals surface area (Å²) in [5, 5.41) is 14.8. The Morgan fingerprint density at radius 1 is 1.22 bits per heavy atom. The van der Waals surface area contributed by atoms with Crippen molar-refractivity contribution in [3.05, 3.63) is 29.8 Å². The number of nitrogens with one attached hydrogen (secondary N) is 2. The van der Waals surface area contributed by atoms with E-state index in [0.29, 0.717) is 6.42 Å². The highest BCUT2D eigenvalue weighted by atomic mass is 16.3. The number of hydrogen-bond acceptors (Lipinski definition) is 3. The van der Waals surface area contributed by atoms with Crippen molar-refractivity contribution in [3.63, 3.8) is 0 Å². The van der Waals surface area contributed by atoms with E-state index in [1.165, 1.54) is 0 Å². The van der Waals surface area contributed by atoms with Crippen LogP contribution in [0.1, 0.15) is 18.4 Å². The summed E-state index contributed by atoms with van der Waals surface area (Å²) in [5.41, 5.74) is 0.294. The standard InChI is InChI=1S/C13H14N2O3/c16-9-3-1-8(2-4-9)7-10-11(17)15-13(5-6-13)12(18)14-10/h1-4,10,16H,5-7H2,(H,14,18)(H,15,17)/t10-/m0/s1. The van der Waals surface area contributed by atoms with Crippen LogP contribution in [0.4, 0.5) is 0 Å². The Morgan fingerprint density at radius 3 is 2.50 bits per heavy atom. The third kappa shape index (κ3) is 1.81. The normalized spacial score (nSPS) is 24.6. The van der Waals surface area contributed by atoms with Crippen LogP contribution < -0.4 is 10.6 Å². The van der Waals surface area contributed by atoms with Gasteiger partial charge in [-0.05, 0) is 30.5 Å². The zero-order chi connectivity index (χ0) is 12.8. The number of aromatic hydroxyl groups is 1. The third-order valence-corrected chi connectivity index (χ3v) is 3.55. The zero-order valence-electron chi connectivity index (χ0n) is 9.77. The second-order valence-corrected chi connectivity index (χ2v) is 4.97. The minimum absolute atomic E-state index is 0.0779. The number of hydrogen-bond donors (Lipinski definition) is 3. The number of piperazine rings is 1. The van der Waals surface area contributed by atoms with Crippen molar-refractivity contribution in [1.82, 2.24) is 10.6 Å². The van der Waals surface area contributed by atoms with E-state index in [1.54, 1.807) is 24.3 Å². The van der Waals surface area contributed by atoms with Gasteiger partial charge >= 0.3 is 0 Å². The van der Waals surface area contributed by atoms with Gasteiger partial charge in [-0.25, -0.2) is 0 Å². The van der Waals surface area contributed by atoms with Gasteiger partial charge in [-0.2, -0.15) is 0 Å². The molecule has 1 aromatic rings. The number of carbonyl (C=O) groups is 2. The highest BCUT2D eigenvalue weighted by molar-refractivity contribution is 6.01. The van der Waals surface area contributed by atoms with E-state index in [2.05, 4.69) is 10.6 Å². The Kier molecular flexibility index (Phi) is 2.29. The lowest BCUT2D eigenvalue weighted by molar-refractivity contribution is -0.137. The molecule has 1 heterocycles. The molecule has 5 heteroatoms. The van der Waals surface area contributed by atoms with Crippen LogP contribution in [0.25, 0.3) is 0 Å². The maximum Gasteiger partial charge on any atom is 0.246 e. The van der Waals surface area contributed by atoms with Crippen LogP contribution in [0.5, 0.6) is 5.75 Å². The van der Waals surface area contributed by atoms with Gasteiger partial charge in [-0.3, -0.25) is 9.59 Å². The quantitative estimate of drug-likeness (QED) is 0.691. The van der Waals surface area contributed by atoms with Crippen molar-refractivity contribution in [1.29, 1.82) is 0 Å². The first-order chi connectivity index (χ1) is 8.59. The molecule has 1 saturated heterocycles. The average Bonchev–Trinajstić information content (AvgIpc) is 3.10. The first-order valence-corrected chi connectivity index (χ1v) is 6.00. The van der Waals surface area contributed by atoms with Crippen LogP contribution >= 0.6 is 0 Å². The van der Waals surface area contributed by atoms with Gasteiger partial charge in [-0.15, -0.1) is 0 Å². The molecule has 0 radical (unpaired) electrons. The molecule has 1 atom stereocenters. The molecular formula is C13H14N2O3. The minimum Gasteiger partial charge on any atom is -0.508 e. The molecule has 1 aliphatic heterocycles. The topological polar surface area (TPSA) is 78.4 Å². The molecule has 0 aromatic heterocycles. The predicted molar refractivity (Wildman–Crippen MR) is 63.8 cm³/mol. The molecule has 1 aliphatic carbocycles. The van der Waals surface area contributed by atoms with Crippen molar-refractivity contribution < 1.29 is 14.7 Å². The summed E-state index contributed by atoms with van der Waals surface area (Å²) in [4.78, 5) is 23.7. The van der Waals surface area contributed by atoms with Crippen molar-refractivity contribution in [2.24, 2.45) is 0 Å². The molecule has 0 unspecified atom stereocenters. The van der Waals surface area contributed by atoms with E-state index < -0.39 is 11.6 Å². The number of phenolic OH excluding ortho intramolecular Hbond substituents is 1. The molecule has 1 aromatic carbocycles.